The van der Waals surface area contributed by atoms with Gasteiger partial charge in [-0.15, -0.1) is 0 Å². The maximum Gasteiger partial charge on any atom is 0.340 e. The van der Waals surface area contributed by atoms with Crippen molar-refractivity contribution in [3.8, 4) is 0 Å². The molecule has 0 radical (unpaired) electrons. The van der Waals surface area contributed by atoms with Gasteiger partial charge >= 0.3 is 5.97 Å². The number of rotatable bonds is 1. The highest BCUT2D eigenvalue weighted by molar-refractivity contribution is 14.1. The zero-order valence-corrected chi connectivity index (χ0v) is 11.2. The van der Waals surface area contributed by atoms with E-state index in [1.54, 1.807) is 12.1 Å². The van der Waals surface area contributed by atoms with Crippen molar-refractivity contribution in [2.24, 2.45) is 0 Å². The summed E-state index contributed by atoms with van der Waals surface area (Å²) >= 11 is 2.13. The Morgan fingerprint density at radius 2 is 2.00 bits per heavy atom. The van der Waals surface area contributed by atoms with Gasteiger partial charge in [-0.1, -0.05) is 0 Å². The van der Waals surface area contributed by atoms with E-state index < -0.39 is 5.60 Å². The van der Waals surface area contributed by atoms with Gasteiger partial charge in [0.15, 0.2) is 0 Å². The fraction of sp³-hybridized carbons (Fsp3) is 0.364. The Kier molecular flexibility index (Phi) is 3.59. The summed E-state index contributed by atoms with van der Waals surface area (Å²) in [7, 11) is 0. The van der Waals surface area contributed by atoms with Crippen molar-refractivity contribution in [1.29, 1.82) is 0 Å². The molecule has 0 aliphatic carbocycles. The summed E-state index contributed by atoms with van der Waals surface area (Å²) in [5.41, 5.74) is 6.09. The van der Waals surface area contributed by atoms with Gasteiger partial charge in [0.2, 0.25) is 0 Å². The minimum absolute atomic E-state index is 0.376. The Morgan fingerprint density at radius 1 is 1.40 bits per heavy atom. The number of ether oxygens (including phenoxy) is 1. The Morgan fingerprint density at radius 3 is 2.53 bits per heavy atom. The van der Waals surface area contributed by atoms with Crippen LogP contribution in [0.15, 0.2) is 18.2 Å². The van der Waals surface area contributed by atoms with E-state index in [1.165, 1.54) is 0 Å². The maximum atomic E-state index is 11.7. The number of benzene rings is 1. The molecule has 0 atom stereocenters. The SMILES string of the molecule is CC(C)(C)OC(=O)c1cc(I)ccc1N. The monoisotopic (exact) mass is 319 g/mol. The molecule has 0 saturated carbocycles. The lowest BCUT2D eigenvalue weighted by Crippen LogP contribution is -2.24. The summed E-state index contributed by atoms with van der Waals surface area (Å²) in [5, 5.41) is 0. The van der Waals surface area contributed by atoms with Gasteiger partial charge in [-0.2, -0.15) is 0 Å². The summed E-state index contributed by atoms with van der Waals surface area (Å²) in [6.45, 7) is 5.49. The molecular weight excluding hydrogens is 305 g/mol. The number of hydrogen-bond donors (Lipinski definition) is 1. The van der Waals surface area contributed by atoms with Crippen molar-refractivity contribution in [3.63, 3.8) is 0 Å². The molecule has 3 nitrogen and oxygen atoms in total. The fourth-order valence-electron chi connectivity index (χ4n) is 1.04. The minimum atomic E-state index is -0.495. The molecule has 4 heteroatoms. The highest BCUT2D eigenvalue weighted by Crippen LogP contribution is 2.19. The lowest BCUT2D eigenvalue weighted by atomic mass is 10.1. The standard InChI is InChI=1S/C11H14INO2/c1-11(2,3)15-10(14)8-6-7(12)4-5-9(8)13/h4-6H,13H2,1-3H3. The first-order valence-electron chi connectivity index (χ1n) is 4.58. The predicted molar refractivity (Wildman–Crippen MR) is 68.7 cm³/mol. The molecule has 82 valence electrons. The molecule has 0 spiro atoms. The first-order valence-corrected chi connectivity index (χ1v) is 5.66. The quantitative estimate of drug-likeness (QED) is 0.492. The average molecular weight is 319 g/mol. The molecular formula is C11H14INO2. The number of carbonyl (C=O) groups excluding carboxylic acids is 1. The number of carbonyl (C=O) groups is 1. The second-order valence-electron chi connectivity index (χ2n) is 4.23. The van der Waals surface area contributed by atoms with Crippen LogP contribution in [0, 0.1) is 3.57 Å². The highest BCUT2D eigenvalue weighted by atomic mass is 127. The molecule has 2 N–H and O–H groups in total. The van der Waals surface area contributed by atoms with Crippen LogP contribution in [0.4, 0.5) is 5.69 Å². The summed E-state index contributed by atoms with van der Waals surface area (Å²) in [6.07, 6.45) is 0. The first-order chi connectivity index (χ1) is 6.79. The van der Waals surface area contributed by atoms with Crippen LogP contribution in [0.1, 0.15) is 31.1 Å². The van der Waals surface area contributed by atoms with Gasteiger partial charge < -0.3 is 10.5 Å². The van der Waals surface area contributed by atoms with Crippen molar-refractivity contribution < 1.29 is 9.53 Å². The van der Waals surface area contributed by atoms with E-state index >= 15 is 0 Å². The number of nitrogen functional groups attached to an aromatic ring is 1. The zero-order chi connectivity index (χ0) is 11.6. The molecule has 0 saturated heterocycles. The van der Waals surface area contributed by atoms with Crippen molar-refractivity contribution in [1.82, 2.24) is 0 Å². The molecule has 0 unspecified atom stereocenters. The number of esters is 1. The summed E-state index contributed by atoms with van der Waals surface area (Å²) in [6, 6.07) is 5.29. The Balaban J connectivity index is 2.96. The number of halogens is 1. The molecule has 0 fully saturated rings. The maximum absolute atomic E-state index is 11.7. The summed E-state index contributed by atoms with van der Waals surface area (Å²) in [5.74, 6) is -0.376. The van der Waals surface area contributed by atoms with Crippen LogP contribution in [-0.2, 0) is 4.74 Å². The molecule has 0 aliphatic heterocycles. The van der Waals surface area contributed by atoms with Crippen LogP contribution >= 0.6 is 22.6 Å². The molecule has 0 aromatic heterocycles. The van der Waals surface area contributed by atoms with E-state index in [1.807, 2.05) is 26.8 Å². The van der Waals surface area contributed by atoms with Gasteiger partial charge in [0.05, 0.1) is 5.56 Å². The Hall–Kier alpha value is -0.780. The second kappa shape index (κ2) is 4.38. The van der Waals surface area contributed by atoms with Crippen LogP contribution in [-0.4, -0.2) is 11.6 Å². The van der Waals surface area contributed by atoms with Crippen LogP contribution < -0.4 is 5.73 Å². The van der Waals surface area contributed by atoms with E-state index in [9.17, 15) is 4.79 Å². The van der Waals surface area contributed by atoms with Crippen LogP contribution in [0.25, 0.3) is 0 Å². The molecule has 0 aliphatic rings. The molecule has 0 amide bonds. The van der Waals surface area contributed by atoms with Gasteiger partial charge in [0.25, 0.3) is 0 Å². The molecule has 1 aromatic carbocycles. The van der Waals surface area contributed by atoms with Gasteiger partial charge in [-0.05, 0) is 61.6 Å². The third-order valence-corrected chi connectivity index (χ3v) is 2.31. The lowest BCUT2D eigenvalue weighted by molar-refractivity contribution is 0.00707. The van der Waals surface area contributed by atoms with Crippen molar-refractivity contribution in [2.45, 2.75) is 26.4 Å². The number of anilines is 1. The molecule has 1 aromatic rings. The van der Waals surface area contributed by atoms with Crippen molar-refractivity contribution in [2.75, 3.05) is 5.73 Å². The van der Waals surface area contributed by atoms with Crippen molar-refractivity contribution >= 4 is 34.2 Å². The van der Waals surface area contributed by atoms with E-state index in [0.717, 1.165) is 3.57 Å². The van der Waals surface area contributed by atoms with E-state index in [2.05, 4.69) is 22.6 Å². The first kappa shape index (κ1) is 12.3. The smallest absolute Gasteiger partial charge is 0.340 e. The molecule has 15 heavy (non-hydrogen) atoms. The van der Waals surface area contributed by atoms with Gasteiger partial charge in [0.1, 0.15) is 5.60 Å². The topological polar surface area (TPSA) is 52.3 Å². The highest BCUT2D eigenvalue weighted by Gasteiger charge is 2.19. The minimum Gasteiger partial charge on any atom is -0.456 e. The van der Waals surface area contributed by atoms with Crippen LogP contribution in [0.2, 0.25) is 0 Å². The Labute approximate surface area is 103 Å². The normalized spacial score (nSPS) is 11.2. The van der Waals surface area contributed by atoms with Crippen molar-refractivity contribution in [3.05, 3.63) is 27.3 Å². The third-order valence-electron chi connectivity index (χ3n) is 1.63. The van der Waals surface area contributed by atoms with Crippen LogP contribution in [0.5, 0.6) is 0 Å². The average Bonchev–Trinajstić information content (AvgIpc) is 2.06. The summed E-state index contributed by atoms with van der Waals surface area (Å²) < 4.78 is 6.20. The number of nitrogens with two attached hydrogens (primary N) is 1. The largest absolute Gasteiger partial charge is 0.456 e. The molecule has 0 bridgehead atoms. The van der Waals surface area contributed by atoms with Gasteiger partial charge in [-0.3, -0.25) is 0 Å². The lowest BCUT2D eigenvalue weighted by Gasteiger charge is -2.20. The van der Waals surface area contributed by atoms with E-state index in [-0.39, 0.29) is 5.97 Å². The Bertz CT molecular complexity index is 383. The van der Waals surface area contributed by atoms with E-state index in [0.29, 0.717) is 11.3 Å². The number of hydrogen-bond acceptors (Lipinski definition) is 3. The van der Waals surface area contributed by atoms with E-state index in [4.69, 9.17) is 10.5 Å². The zero-order valence-electron chi connectivity index (χ0n) is 9.00. The summed E-state index contributed by atoms with van der Waals surface area (Å²) in [4.78, 5) is 11.7. The fourth-order valence-corrected chi connectivity index (χ4v) is 1.53. The third kappa shape index (κ3) is 3.70. The molecule has 0 heterocycles. The predicted octanol–water partition coefficient (Wildman–Crippen LogP) is 2.83. The van der Waals surface area contributed by atoms with Gasteiger partial charge in [-0.25, -0.2) is 4.79 Å². The van der Waals surface area contributed by atoms with Gasteiger partial charge in [0, 0.05) is 9.26 Å². The second-order valence-corrected chi connectivity index (χ2v) is 5.48. The van der Waals surface area contributed by atoms with Crippen LogP contribution in [0.3, 0.4) is 0 Å². The molecule has 1 rings (SSSR count).